The van der Waals surface area contributed by atoms with Crippen LogP contribution in [0.2, 0.25) is 5.15 Å². The lowest BCUT2D eigenvalue weighted by molar-refractivity contribution is 0.603. The van der Waals surface area contributed by atoms with Gasteiger partial charge in [0.15, 0.2) is 5.16 Å². The van der Waals surface area contributed by atoms with Crippen molar-refractivity contribution in [1.82, 2.24) is 34.3 Å². The maximum Gasteiger partial charge on any atom is 0.343 e. The number of halogens is 1. The number of fused-ring (bicyclic) bond motifs is 1. The first-order valence-corrected chi connectivity index (χ1v) is 7.50. The first kappa shape index (κ1) is 14.1. The number of rotatable bonds is 4. The second-order valence-corrected chi connectivity index (χ2v) is 5.68. The Morgan fingerprint density at radius 1 is 1.48 bits per heavy atom. The number of H-pyrrole nitrogens is 1. The van der Waals surface area contributed by atoms with Crippen LogP contribution in [0.3, 0.4) is 0 Å². The minimum Gasteiger partial charge on any atom is -0.270 e. The summed E-state index contributed by atoms with van der Waals surface area (Å²) < 4.78 is 3.17. The Hall–Kier alpha value is -1.87. The van der Waals surface area contributed by atoms with Crippen molar-refractivity contribution in [3.63, 3.8) is 0 Å². The van der Waals surface area contributed by atoms with Crippen molar-refractivity contribution >= 4 is 29.1 Å². The predicted octanol–water partition coefficient (Wildman–Crippen LogP) is 1.53. The number of aromatic amines is 1. The number of nitrogens with zero attached hydrogens (tertiary/aromatic N) is 6. The molecule has 0 saturated heterocycles. The van der Waals surface area contributed by atoms with Crippen LogP contribution in [0.15, 0.2) is 21.3 Å². The Balaban J connectivity index is 2.12. The zero-order valence-electron chi connectivity index (χ0n) is 11.4. The maximum absolute atomic E-state index is 11.7. The predicted molar refractivity (Wildman–Crippen MR) is 77.8 cm³/mol. The van der Waals surface area contributed by atoms with E-state index in [1.165, 1.54) is 18.1 Å². The largest absolute Gasteiger partial charge is 0.343 e. The summed E-state index contributed by atoms with van der Waals surface area (Å²) in [6.07, 6.45) is 2.24. The maximum atomic E-state index is 11.7. The molecule has 0 aliphatic heterocycles. The summed E-state index contributed by atoms with van der Waals surface area (Å²) in [4.78, 5) is 19.9. The van der Waals surface area contributed by atoms with Crippen molar-refractivity contribution in [2.24, 2.45) is 0 Å². The Bertz CT molecular complexity index is 852. The highest BCUT2D eigenvalue weighted by Gasteiger charge is 2.17. The molecule has 21 heavy (non-hydrogen) atoms. The van der Waals surface area contributed by atoms with Crippen LogP contribution in [-0.4, -0.2) is 34.3 Å². The van der Waals surface area contributed by atoms with E-state index < -0.39 is 0 Å². The zero-order valence-corrected chi connectivity index (χ0v) is 12.9. The highest BCUT2D eigenvalue weighted by Crippen LogP contribution is 2.31. The van der Waals surface area contributed by atoms with E-state index in [0.29, 0.717) is 22.6 Å². The molecule has 0 radical (unpaired) electrons. The second-order valence-electron chi connectivity index (χ2n) is 4.37. The van der Waals surface area contributed by atoms with E-state index in [1.54, 1.807) is 9.08 Å². The van der Waals surface area contributed by atoms with Crippen LogP contribution in [0.5, 0.6) is 0 Å². The fraction of sp³-hybridized carbons (Fsp3) is 0.364. The summed E-state index contributed by atoms with van der Waals surface area (Å²) in [5.41, 5.74) is 0.533. The number of nitrogens with one attached hydrogen (secondary N) is 1. The third-order valence-corrected chi connectivity index (χ3v) is 4.44. The topological polar surface area (TPSA) is 93.8 Å². The molecule has 3 heterocycles. The Kier molecular flexibility index (Phi) is 3.68. The number of hydrogen-bond acceptors (Lipinski definition) is 6. The number of aromatic nitrogens is 7. The van der Waals surface area contributed by atoms with Gasteiger partial charge in [0, 0.05) is 12.1 Å². The van der Waals surface area contributed by atoms with Crippen LogP contribution < -0.4 is 5.69 Å². The molecule has 0 aliphatic carbocycles. The van der Waals surface area contributed by atoms with E-state index >= 15 is 0 Å². The van der Waals surface area contributed by atoms with Crippen molar-refractivity contribution in [1.29, 1.82) is 0 Å². The SMILES string of the molecule is CCCn1c(Sc2c(C)c(Cl)nc3ncnn23)n[nH]c1=O. The molecular weight excluding hydrogens is 314 g/mol. The van der Waals surface area contributed by atoms with Crippen LogP contribution in [0.4, 0.5) is 0 Å². The molecule has 0 bridgehead atoms. The van der Waals surface area contributed by atoms with Crippen LogP contribution in [-0.2, 0) is 6.54 Å². The van der Waals surface area contributed by atoms with Gasteiger partial charge in [0.05, 0.1) is 0 Å². The van der Waals surface area contributed by atoms with E-state index in [0.717, 1.165) is 17.0 Å². The van der Waals surface area contributed by atoms with Crippen LogP contribution >= 0.6 is 23.4 Å². The molecule has 0 spiro atoms. The zero-order chi connectivity index (χ0) is 15.0. The molecule has 10 heteroatoms. The molecule has 0 atom stereocenters. The monoisotopic (exact) mass is 325 g/mol. The molecule has 3 rings (SSSR count). The van der Waals surface area contributed by atoms with Gasteiger partial charge in [0.25, 0.3) is 5.78 Å². The molecule has 0 saturated carbocycles. The van der Waals surface area contributed by atoms with Gasteiger partial charge in [-0.05, 0) is 25.1 Å². The highest BCUT2D eigenvalue weighted by molar-refractivity contribution is 7.99. The van der Waals surface area contributed by atoms with Gasteiger partial charge >= 0.3 is 5.69 Å². The van der Waals surface area contributed by atoms with Gasteiger partial charge in [-0.3, -0.25) is 4.57 Å². The Morgan fingerprint density at radius 2 is 2.29 bits per heavy atom. The van der Waals surface area contributed by atoms with Crippen molar-refractivity contribution in [2.45, 2.75) is 37.0 Å². The molecule has 110 valence electrons. The summed E-state index contributed by atoms with van der Waals surface area (Å²) in [6.45, 7) is 4.43. The fourth-order valence-electron chi connectivity index (χ4n) is 1.88. The normalized spacial score (nSPS) is 11.4. The lowest BCUT2D eigenvalue weighted by Crippen LogP contribution is -2.17. The third-order valence-electron chi connectivity index (χ3n) is 2.91. The second kappa shape index (κ2) is 5.49. The van der Waals surface area contributed by atoms with Crippen molar-refractivity contribution in [3.05, 3.63) is 27.5 Å². The standard InChI is InChI=1S/C11H12ClN7OS/c1-3-4-18-10(20)16-17-11(18)21-8-6(2)7(12)15-9-13-5-14-19(8)9/h5H,3-4H2,1-2H3,(H,16,20). The Labute approximate surface area is 128 Å². The average molecular weight is 326 g/mol. The van der Waals surface area contributed by atoms with Crippen LogP contribution in [0, 0.1) is 6.92 Å². The summed E-state index contributed by atoms with van der Waals surface area (Å²) in [5, 5.41) is 12.3. The van der Waals surface area contributed by atoms with Gasteiger partial charge in [-0.2, -0.15) is 19.6 Å². The summed E-state index contributed by atoms with van der Waals surface area (Å²) in [7, 11) is 0. The van der Waals surface area contributed by atoms with Gasteiger partial charge in [-0.25, -0.2) is 9.89 Å². The van der Waals surface area contributed by atoms with Gasteiger partial charge in [0.1, 0.15) is 16.5 Å². The highest BCUT2D eigenvalue weighted by atomic mass is 35.5. The fourth-order valence-corrected chi connectivity index (χ4v) is 3.12. The first-order chi connectivity index (χ1) is 10.1. The van der Waals surface area contributed by atoms with Gasteiger partial charge in [-0.15, -0.1) is 5.10 Å². The van der Waals surface area contributed by atoms with E-state index in [-0.39, 0.29) is 5.69 Å². The molecule has 0 aliphatic rings. The van der Waals surface area contributed by atoms with E-state index in [9.17, 15) is 4.79 Å². The van der Waals surface area contributed by atoms with Gasteiger partial charge < -0.3 is 0 Å². The molecule has 0 aromatic carbocycles. The lowest BCUT2D eigenvalue weighted by Gasteiger charge is -2.08. The van der Waals surface area contributed by atoms with Gasteiger partial charge in [-0.1, -0.05) is 18.5 Å². The smallest absolute Gasteiger partial charge is 0.270 e. The summed E-state index contributed by atoms with van der Waals surface area (Å²) in [5.74, 6) is 0.410. The number of hydrogen-bond donors (Lipinski definition) is 1. The molecule has 3 aromatic heterocycles. The Morgan fingerprint density at radius 3 is 3.05 bits per heavy atom. The van der Waals surface area contributed by atoms with Crippen molar-refractivity contribution in [2.75, 3.05) is 0 Å². The minimum atomic E-state index is -0.230. The van der Waals surface area contributed by atoms with Crippen LogP contribution in [0.25, 0.3) is 5.78 Å². The molecule has 3 aromatic rings. The van der Waals surface area contributed by atoms with E-state index in [4.69, 9.17) is 11.6 Å². The van der Waals surface area contributed by atoms with Crippen molar-refractivity contribution < 1.29 is 0 Å². The first-order valence-electron chi connectivity index (χ1n) is 6.30. The van der Waals surface area contributed by atoms with E-state index in [1.807, 2.05) is 13.8 Å². The summed E-state index contributed by atoms with van der Waals surface area (Å²) in [6, 6.07) is 0. The minimum absolute atomic E-state index is 0.230. The third kappa shape index (κ3) is 2.42. The molecule has 1 N–H and O–H groups in total. The lowest BCUT2D eigenvalue weighted by atomic mass is 10.4. The van der Waals surface area contributed by atoms with Crippen LogP contribution in [0.1, 0.15) is 18.9 Å². The molecular formula is C11H12ClN7OS. The van der Waals surface area contributed by atoms with Gasteiger partial charge in [0.2, 0.25) is 0 Å². The van der Waals surface area contributed by atoms with Crippen molar-refractivity contribution in [3.8, 4) is 0 Å². The summed E-state index contributed by atoms with van der Waals surface area (Å²) >= 11 is 7.43. The molecule has 8 nitrogen and oxygen atoms in total. The van der Waals surface area contributed by atoms with E-state index in [2.05, 4.69) is 25.3 Å². The molecule has 0 amide bonds. The molecule has 0 fully saturated rings. The average Bonchev–Trinajstić information content (AvgIpc) is 3.04. The quantitative estimate of drug-likeness (QED) is 0.731. The molecule has 0 unspecified atom stereocenters.